The van der Waals surface area contributed by atoms with E-state index < -0.39 is 11.6 Å². The third kappa shape index (κ3) is 3.19. The van der Waals surface area contributed by atoms with E-state index in [-0.39, 0.29) is 11.7 Å². The molecule has 0 saturated carbocycles. The summed E-state index contributed by atoms with van der Waals surface area (Å²) in [5.41, 5.74) is 1.44. The van der Waals surface area contributed by atoms with Gasteiger partial charge in [-0.2, -0.15) is 0 Å². The first-order valence-corrected chi connectivity index (χ1v) is 9.92. The molecule has 0 radical (unpaired) electrons. The molecular formula is C18H14F2N2S3. The molecule has 0 unspecified atom stereocenters. The molecule has 2 nitrogen and oxygen atoms in total. The van der Waals surface area contributed by atoms with Crippen molar-refractivity contribution in [2.75, 3.05) is 11.9 Å². The predicted octanol–water partition coefficient (Wildman–Crippen LogP) is 5.43. The highest BCUT2D eigenvalue weighted by atomic mass is 32.1. The van der Waals surface area contributed by atoms with E-state index in [2.05, 4.69) is 27.7 Å². The van der Waals surface area contributed by atoms with Crippen LogP contribution in [0.2, 0.25) is 0 Å². The van der Waals surface area contributed by atoms with Gasteiger partial charge in [-0.3, -0.25) is 0 Å². The average molecular weight is 393 g/mol. The molecule has 2 aromatic heterocycles. The number of hydrogen-bond acceptors (Lipinski definition) is 3. The van der Waals surface area contributed by atoms with Crippen molar-refractivity contribution in [3.05, 3.63) is 74.1 Å². The largest absolute Gasteiger partial charge is 0.337 e. The van der Waals surface area contributed by atoms with Crippen molar-refractivity contribution in [2.45, 2.75) is 12.5 Å². The molecule has 0 spiro atoms. The Balaban J connectivity index is 1.65. The molecule has 3 heterocycles. The predicted molar refractivity (Wildman–Crippen MR) is 103 cm³/mol. The van der Waals surface area contributed by atoms with Gasteiger partial charge in [0.25, 0.3) is 0 Å². The molecule has 0 fully saturated rings. The maximum absolute atomic E-state index is 14.0. The van der Waals surface area contributed by atoms with Crippen LogP contribution >= 0.6 is 34.9 Å². The van der Waals surface area contributed by atoms with Crippen LogP contribution in [0.5, 0.6) is 0 Å². The summed E-state index contributed by atoms with van der Waals surface area (Å²) >= 11 is 9.01. The maximum Gasteiger partial charge on any atom is 0.174 e. The standard InChI is InChI=1S/C18H14F2N2S3/c19-11-3-4-14(13(20)10-11)21-18(23)22-7-5-15-12(6-9-25-15)17(22)16-2-1-8-24-16/h1-4,6,8-10,17H,5,7H2,(H,21,23)/t17-/m0/s1. The zero-order valence-electron chi connectivity index (χ0n) is 13.0. The van der Waals surface area contributed by atoms with Crippen LogP contribution in [0, 0.1) is 11.6 Å². The fraction of sp³-hybridized carbons (Fsp3) is 0.167. The van der Waals surface area contributed by atoms with Crippen molar-refractivity contribution in [3.8, 4) is 0 Å². The molecule has 1 aliphatic rings. The van der Waals surface area contributed by atoms with Gasteiger partial charge in [-0.15, -0.1) is 22.7 Å². The third-order valence-corrected chi connectivity index (χ3v) is 6.47. The van der Waals surface area contributed by atoms with Gasteiger partial charge in [0.05, 0.1) is 11.7 Å². The molecule has 1 N–H and O–H groups in total. The molecule has 1 atom stereocenters. The highest BCUT2D eigenvalue weighted by Gasteiger charge is 2.32. The fourth-order valence-corrected chi connectivity index (χ4v) is 5.13. The summed E-state index contributed by atoms with van der Waals surface area (Å²) in [6, 6.07) is 9.73. The van der Waals surface area contributed by atoms with E-state index in [1.807, 2.05) is 11.4 Å². The molecule has 25 heavy (non-hydrogen) atoms. The van der Waals surface area contributed by atoms with Gasteiger partial charge in [-0.1, -0.05) is 6.07 Å². The molecule has 128 valence electrons. The minimum atomic E-state index is -0.650. The molecule has 3 aromatic rings. The van der Waals surface area contributed by atoms with Crippen LogP contribution in [0.15, 0.2) is 47.2 Å². The molecule has 0 saturated heterocycles. The van der Waals surface area contributed by atoms with Crippen LogP contribution in [-0.4, -0.2) is 16.6 Å². The number of rotatable bonds is 2. The van der Waals surface area contributed by atoms with Gasteiger partial charge in [0, 0.05) is 22.4 Å². The van der Waals surface area contributed by atoms with Gasteiger partial charge in [-0.05, 0) is 59.2 Å². The van der Waals surface area contributed by atoms with Crippen molar-refractivity contribution in [1.29, 1.82) is 0 Å². The Labute approximate surface area is 157 Å². The lowest BCUT2D eigenvalue weighted by atomic mass is 9.99. The number of nitrogens with one attached hydrogen (secondary N) is 1. The van der Waals surface area contributed by atoms with Gasteiger partial charge in [0.1, 0.15) is 11.6 Å². The Morgan fingerprint density at radius 2 is 2.04 bits per heavy atom. The molecule has 0 amide bonds. The highest BCUT2D eigenvalue weighted by molar-refractivity contribution is 7.80. The van der Waals surface area contributed by atoms with Crippen molar-refractivity contribution < 1.29 is 8.78 Å². The smallest absolute Gasteiger partial charge is 0.174 e. The van der Waals surface area contributed by atoms with Gasteiger partial charge < -0.3 is 10.2 Å². The van der Waals surface area contributed by atoms with Gasteiger partial charge in [0.15, 0.2) is 5.11 Å². The Hall–Kier alpha value is -1.83. The maximum atomic E-state index is 14.0. The molecule has 0 aliphatic carbocycles. The Morgan fingerprint density at radius 3 is 2.80 bits per heavy atom. The van der Waals surface area contributed by atoms with E-state index in [1.165, 1.54) is 27.5 Å². The summed E-state index contributed by atoms with van der Waals surface area (Å²) in [7, 11) is 0. The highest BCUT2D eigenvalue weighted by Crippen LogP contribution is 2.39. The van der Waals surface area contributed by atoms with Crippen LogP contribution in [0.4, 0.5) is 14.5 Å². The lowest BCUT2D eigenvalue weighted by Crippen LogP contribution is -2.42. The first-order valence-electron chi connectivity index (χ1n) is 7.76. The number of benzene rings is 1. The van der Waals surface area contributed by atoms with E-state index >= 15 is 0 Å². The number of thiophene rings is 2. The number of fused-ring (bicyclic) bond motifs is 1. The quantitative estimate of drug-likeness (QED) is 0.585. The second kappa shape index (κ2) is 6.82. The monoisotopic (exact) mass is 392 g/mol. The zero-order valence-corrected chi connectivity index (χ0v) is 15.5. The fourth-order valence-electron chi connectivity index (χ4n) is 3.07. The van der Waals surface area contributed by atoms with Crippen molar-refractivity contribution in [3.63, 3.8) is 0 Å². The summed E-state index contributed by atoms with van der Waals surface area (Å²) in [6.45, 7) is 0.755. The molecule has 7 heteroatoms. The van der Waals surface area contributed by atoms with Crippen molar-refractivity contribution in [1.82, 2.24) is 4.90 Å². The second-order valence-electron chi connectivity index (χ2n) is 5.71. The van der Waals surface area contributed by atoms with Crippen molar-refractivity contribution >= 4 is 45.7 Å². The van der Waals surface area contributed by atoms with E-state index in [0.717, 1.165) is 19.0 Å². The van der Waals surface area contributed by atoms with E-state index in [1.54, 1.807) is 22.7 Å². The average Bonchev–Trinajstić information content (AvgIpc) is 3.27. The van der Waals surface area contributed by atoms with Crippen LogP contribution in [-0.2, 0) is 6.42 Å². The molecule has 4 rings (SSSR count). The third-order valence-electron chi connectivity index (χ3n) is 4.21. The Kier molecular flexibility index (Phi) is 4.54. The minimum Gasteiger partial charge on any atom is -0.337 e. The van der Waals surface area contributed by atoms with Crippen LogP contribution in [0.3, 0.4) is 0 Å². The first kappa shape index (κ1) is 16.6. The first-order chi connectivity index (χ1) is 12.1. The zero-order chi connectivity index (χ0) is 17.4. The summed E-state index contributed by atoms with van der Waals surface area (Å²) < 4.78 is 27.1. The summed E-state index contributed by atoms with van der Waals surface area (Å²) in [5.74, 6) is -1.26. The second-order valence-corrected chi connectivity index (χ2v) is 8.08. The van der Waals surface area contributed by atoms with E-state index in [0.29, 0.717) is 5.11 Å². The number of anilines is 1. The normalized spacial score (nSPS) is 16.6. The van der Waals surface area contributed by atoms with E-state index in [4.69, 9.17) is 12.2 Å². The van der Waals surface area contributed by atoms with Crippen molar-refractivity contribution in [2.24, 2.45) is 0 Å². The summed E-state index contributed by atoms with van der Waals surface area (Å²) in [4.78, 5) is 4.65. The van der Waals surface area contributed by atoms with Gasteiger partial charge in [0.2, 0.25) is 0 Å². The topological polar surface area (TPSA) is 15.3 Å². The van der Waals surface area contributed by atoms with Crippen LogP contribution < -0.4 is 5.32 Å². The molecule has 1 aromatic carbocycles. The number of nitrogens with zero attached hydrogens (tertiary/aromatic N) is 1. The van der Waals surface area contributed by atoms with Crippen LogP contribution in [0.25, 0.3) is 0 Å². The number of thiocarbonyl (C=S) groups is 1. The SMILES string of the molecule is Fc1ccc(NC(=S)N2CCc3sccc3[C@H]2c2cccs2)c(F)c1. The van der Waals surface area contributed by atoms with Crippen LogP contribution in [0.1, 0.15) is 21.4 Å². The number of hydrogen-bond donors (Lipinski definition) is 1. The molecular weight excluding hydrogens is 378 g/mol. The van der Waals surface area contributed by atoms with Gasteiger partial charge in [-0.25, -0.2) is 8.78 Å². The summed E-state index contributed by atoms with van der Waals surface area (Å²) in [6.07, 6.45) is 0.905. The molecule has 1 aliphatic heterocycles. The Bertz CT molecular complexity index is 905. The lowest BCUT2D eigenvalue weighted by molar-refractivity contribution is 0.350. The van der Waals surface area contributed by atoms with Gasteiger partial charge >= 0.3 is 0 Å². The number of halogens is 2. The summed E-state index contributed by atoms with van der Waals surface area (Å²) in [5, 5.41) is 7.54. The molecule has 0 bridgehead atoms. The Morgan fingerprint density at radius 1 is 1.16 bits per heavy atom. The minimum absolute atomic E-state index is 0.0264. The van der Waals surface area contributed by atoms with E-state index in [9.17, 15) is 8.78 Å². The lowest BCUT2D eigenvalue weighted by Gasteiger charge is -2.37.